The molecule has 1 N–H and O–H groups in total. The van der Waals surface area contributed by atoms with Gasteiger partial charge in [-0.3, -0.25) is 0 Å². The van der Waals surface area contributed by atoms with Crippen molar-refractivity contribution < 1.29 is 24.1 Å². The zero-order valence-corrected chi connectivity index (χ0v) is 19.0. The molecule has 34 heavy (non-hydrogen) atoms. The van der Waals surface area contributed by atoms with E-state index in [1.165, 1.54) is 0 Å². The second kappa shape index (κ2) is 12.5. The van der Waals surface area contributed by atoms with E-state index in [0.717, 1.165) is 16.7 Å². The van der Waals surface area contributed by atoms with Gasteiger partial charge in [0, 0.05) is 0 Å². The zero-order chi connectivity index (χ0) is 23.6. The van der Waals surface area contributed by atoms with Crippen molar-refractivity contribution in [3.05, 3.63) is 108 Å². The number of ether oxygens (including phenoxy) is 4. The summed E-state index contributed by atoms with van der Waals surface area (Å²) >= 11 is 0. The first-order valence-corrected chi connectivity index (χ1v) is 11.5. The Labute approximate surface area is 201 Å². The molecule has 0 unspecified atom stereocenters. The summed E-state index contributed by atoms with van der Waals surface area (Å²) in [6.45, 7) is 0.821. The molecule has 0 aromatic heterocycles. The summed E-state index contributed by atoms with van der Waals surface area (Å²) in [5.74, 6) is 2.68. The van der Waals surface area contributed by atoms with Crippen LogP contribution >= 0.6 is 0 Å². The molecule has 1 saturated heterocycles. The number of aliphatic hydroxyl groups is 1. The van der Waals surface area contributed by atoms with Crippen molar-refractivity contribution in [2.24, 2.45) is 0 Å². The van der Waals surface area contributed by atoms with E-state index in [1.807, 2.05) is 91.0 Å². The summed E-state index contributed by atoms with van der Waals surface area (Å²) in [5.41, 5.74) is 3.06. The third-order valence-electron chi connectivity index (χ3n) is 5.83. The van der Waals surface area contributed by atoms with Crippen LogP contribution in [0.15, 0.2) is 91.0 Å². The Morgan fingerprint density at radius 1 is 0.647 bits per heavy atom. The van der Waals surface area contributed by atoms with Gasteiger partial charge in [-0.05, 0) is 16.7 Å². The summed E-state index contributed by atoms with van der Waals surface area (Å²) in [4.78, 5) is 0. The summed E-state index contributed by atoms with van der Waals surface area (Å²) in [7, 11) is 0. The molecule has 4 rings (SSSR count). The Kier molecular flexibility index (Phi) is 8.86. The average molecular weight is 459 g/mol. The first kappa shape index (κ1) is 24.2. The zero-order valence-electron chi connectivity index (χ0n) is 19.0. The van der Waals surface area contributed by atoms with Crippen LogP contribution in [0, 0.1) is 12.3 Å². The molecule has 1 fully saturated rings. The molecule has 3 aromatic carbocycles. The van der Waals surface area contributed by atoms with Gasteiger partial charge in [0.1, 0.15) is 30.5 Å². The van der Waals surface area contributed by atoms with Gasteiger partial charge in [-0.15, -0.1) is 6.42 Å². The van der Waals surface area contributed by atoms with Crippen LogP contribution in [-0.4, -0.2) is 42.2 Å². The Hall–Kier alpha value is -2.98. The van der Waals surface area contributed by atoms with Crippen LogP contribution in [-0.2, 0) is 38.8 Å². The molecule has 0 radical (unpaired) electrons. The molecule has 0 amide bonds. The van der Waals surface area contributed by atoms with Crippen molar-refractivity contribution in [3.8, 4) is 12.3 Å². The monoisotopic (exact) mass is 458 g/mol. The number of aliphatic hydroxyl groups excluding tert-OH is 1. The first-order valence-electron chi connectivity index (χ1n) is 11.5. The van der Waals surface area contributed by atoms with Crippen LogP contribution in [0.3, 0.4) is 0 Å². The molecule has 0 bridgehead atoms. The van der Waals surface area contributed by atoms with Crippen LogP contribution in [0.25, 0.3) is 0 Å². The highest BCUT2D eigenvalue weighted by molar-refractivity contribution is 5.16. The highest BCUT2D eigenvalue weighted by Gasteiger charge is 2.47. The van der Waals surface area contributed by atoms with Gasteiger partial charge < -0.3 is 24.1 Å². The molecular formula is C29H30O5. The van der Waals surface area contributed by atoms with Gasteiger partial charge in [0.2, 0.25) is 0 Å². The summed E-state index contributed by atoms with van der Waals surface area (Å²) in [6.07, 6.45) is 2.82. The lowest BCUT2D eigenvalue weighted by molar-refractivity contribution is -0.258. The van der Waals surface area contributed by atoms with Gasteiger partial charge in [-0.1, -0.05) is 96.9 Å². The predicted octanol–water partition coefficient (Wildman–Crippen LogP) is 4.14. The first-order chi connectivity index (χ1) is 16.8. The topological polar surface area (TPSA) is 57.2 Å². The fraction of sp³-hybridized carbons (Fsp3) is 0.310. The summed E-state index contributed by atoms with van der Waals surface area (Å²) < 4.78 is 25.0. The molecule has 5 heteroatoms. The third kappa shape index (κ3) is 6.32. The maximum absolute atomic E-state index is 10.1. The number of hydrogen-bond donors (Lipinski definition) is 1. The number of terminal acetylenes is 1. The third-order valence-corrected chi connectivity index (χ3v) is 5.83. The molecule has 1 aliphatic rings. The van der Waals surface area contributed by atoms with Gasteiger partial charge in [0.25, 0.3) is 0 Å². The summed E-state index contributed by atoms with van der Waals surface area (Å²) in [5, 5.41) is 10.1. The SMILES string of the molecule is C#C[C@@H]1O[C@H](CO)[C@@H](OCc2ccccc2)[C@H](OCc2ccccc2)[C@H]1OCc1ccccc1. The van der Waals surface area contributed by atoms with E-state index >= 15 is 0 Å². The van der Waals surface area contributed by atoms with Gasteiger partial charge >= 0.3 is 0 Å². The fourth-order valence-electron chi connectivity index (χ4n) is 4.07. The maximum atomic E-state index is 10.1. The molecular weight excluding hydrogens is 428 g/mol. The van der Waals surface area contributed by atoms with Gasteiger partial charge in [0.15, 0.2) is 0 Å². The maximum Gasteiger partial charge on any atom is 0.147 e. The van der Waals surface area contributed by atoms with Gasteiger partial charge in [-0.25, -0.2) is 0 Å². The Bertz CT molecular complexity index is 1020. The van der Waals surface area contributed by atoms with E-state index in [-0.39, 0.29) is 6.61 Å². The van der Waals surface area contributed by atoms with E-state index in [0.29, 0.717) is 19.8 Å². The van der Waals surface area contributed by atoms with E-state index in [9.17, 15) is 5.11 Å². The van der Waals surface area contributed by atoms with Crippen LogP contribution in [0.5, 0.6) is 0 Å². The Balaban J connectivity index is 1.57. The minimum absolute atomic E-state index is 0.242. The molecule has 1 aliphatic heterocycles. The van der Waals surface area contributed by atoms with E-state index < -0.39 is 30.5 Å². The van der Waals surface area contributed by atoms with Crippen LogP contribution in [0.4, 0.5) is 0 Å². The normalized spacial score (nSPS) is 24.4. The van der Waals surface area contributed by atoms with Crippen molar-refractivity contribution in [1.82, 2.24) is 0 Å². The van der Waals surface area contributed by atoms with E-state index in [1.54, 1.807) is 0 Å². The standard InChI is InChI=1S/C29H30O5/c1-2-25-27(31-19-22-12-6-3-7-13-22)29(33-21-24-16-10-5-11-17-24)28(26(18-30)34-25)32-20-23-14-8-4-9-15-23/h1,3-17,25-30H,18-21H2/t25-,26+,27-,28+,29+/m0/s1. The lowest BCUT2D eigenvalue weighted by Crippen LogP contribution is -2.60. The lowest BCUT2D eigenvalue weighted by Gasteiger charge is -2.44. The van der Waals surface area contributed by atoms with Crippen molar-refractivity contribution in [2.75, 3.05) is 6.61 Å². The highest BCUT2D eigenvalue weighted by atomic mass is 16.6. The van der Waals surface area contributed by atoms with Crippen LogP contribution in [0.2, 0.25) is 0 Å². The van der Waals surface area contributed by atoms with Crippen molar-refractivity contribution in [2.45, 2.75) is 50.3 Å². The predicted molar refractivity (Wildman–Crippen MR) is 130 cm³/mol. The fourth-order valence-corrected chi connectivity index (χ4v) is 4.07. The van der Waals surface area contributed by atoms with Crippen molar-refractivity contribution in [1.29, 1.82) is 0 Å². The smallest absolute Gasteiger partial charge is 0.147 e. The molecule has 0 saturated carbocycles. The van der Waals surface area contributed by atoms with Crippen LogP contribution in [0.1, 0.15) is 16.7 Å². The van der Waals surface area contributed by atoms with E-state index in [2.05, 4.69) is 5.92 Å². The molecule has 176 valence electrons. The van der Waals surface area contributed by atoms with Crippen LogP contribution < -0.4 is 0 Å². The Morgan fingerprint density at radius 3 is 1.47 bits per heavy atom. The molecule has 0 spiro atoms. The minimum atomic E-state index is -0.682. The van der Waals surface area contributed by atoms with E-state index in [4.69, 9.17) is 25.4 Å². The average Bonchev–Trinajstić information content (AvgIpc) is 2.91. The summed E-state index contributed by atoms with van der Waals surface area (Å²) in [6, 6.07) is 29.6. The van der Waals surface area contributed by atoms with Crippen molar-refractivity contribution >= 4 is 0 Å². The second-order valence-electron chi connectivity index (χ2n) is 8.23. The van der Waals surface area contributed by atoms with Gasteiger partial charge in [0.05, 0.1) is 26.4 Å². The number of benzene rings is 3. The molecule has 0 aliphatic carbocycles. The molecule has 3 aromatic rings. The molecule has 5 atom stereocenters. The van der Waals surface area contributed by atoms with Crippen molar-refractivity contribution in [3.63, 3.8) is 0 Å². The molecule has 5 nitrogen and oxygen atoms in total. The largest absolute Gasteiger partial charge is 0.394 e. The highest BCUT2D eigenvalue weighted by Crippen LogP contribution is 2.30. The van der Waals surface area contributed by atoms with Gasteiger partial charge in [-0.2, -0.15) is 0 Å². The number of hydrogen-bond acceptors (Lipinski definition) is 5. The molecule has 1 heterocycles. The quantitative estimate of drug-likeness (QED) is 0.463. The minimum Gasteiger partial charge on any atom is -0.394 e. The Morgan fingerprint density at radius 2 is 1.06 bits per heavy atom. The second-order valence-corrected chi connectivity index (χ2v) is 8.23. The lowest BCUT2D eigenvalue weighted by atomic mass is 9.94. The number of rotatable bonds is 10.